The molecule has 0 radical (unpaired) electrons. The lowest BCUT2D eigenvalue weighted by molar-refractivity contribution is 0.0948. The van der Waals surface area contributed by atoms with E-state index < -0.39 is 0 Å². The molecule has 0 atom stereocenters. The quantitative estimate of drug-likeness (QED) is 0.558. The average Bonchev–Trinajstić information content (AvgIpc) is 3.36. The molecule has 4 aromatic rings. The number of furan rings is 1. The second-order valence-electron chi connectivity index (χ2n) is 6.20. The molecule has 1 N–H and O–H groups in total. The van der Waals surface area contributed by atoms with E-state index in [9.17, 15) is 9.18 Å². The summed E-state index contributed by atoms with van der Waals surface area (Å²) >= 11 is 0. The first kappa shape index (κ1) is 17.7. The smallest absolute Gasteiger partial charge is 0.258 e. The zero-order chi connectivity index (χ0) is 19.5. The van der Waals surface area contributed by atoms with Crippen molar-refractivity contribution < 1.29 is 18.1 Å². The first-order chi connectivity index (χ1) is 13.6. The molecule has 4 rings (SSSR count). The van der Waals surface area contributed by atoms with Crippen molar-refractivity contribution >= 4 is 5.91 Å². The molecular weight excluding hydrogens is 361 g/mol. The highest BCUT2D eigenvalue weighted by atomic mass is 19.1. The van der Waals surface area contributed by atoms with Crippen LogP contribution in [0, 0.1) is 12.7 Å². The third-order valence-corrected chi connectivity index (χ3v) is 4.14. The van der Waals surface area contributed by atoms with Crippen molar-refractivity contribution in [3.8, 4) is 22.8 Å². The third-order valence-electron chi connectivity index (χ3n) is 4.14. The van der Waals surface area contributed by atoms with E-state index in [1.54, 1.807) is 36.4 Å². The Labute approximate surface area is 160 Å². The highest BCUT2D eigenvalue weighted by Crippen LogP contribution is 2.22. The van der Waals surface area contributed by atoms with Gasteiger partial charge in [-0.2, -0.15) is 4.98 Å². The SMILES string of the molecule is Cc1ccc(CNC(=O)c2ccc(-c3nc(-c4ccc(F)cc4)no3)cc2)o1. The molecule has 0 aliphatic rings. The fraction of sp³-hybridized carbons (Fsp3) is 0.0952. The fourth-order valence-electron chi connectivity index (χ4n) is 2.67. The fourth-order valence-corrected chi connectivity index (χ4v) is 2.67. The van der Waals surface area contributed by atoms with Crippen molar-refractivity contribution in [1.82, 2.24) is 15.5 Å². The van der Waals surface area contributed by atoms with Gasteiger partial charge in [0, 0.05) is 16.7 Å². The van der Waals surface area contributed by atoms with Crippen LogP contribution >= 0.6 is 0 Å². The Kier molecular flexibility index (Phi) is 4.72. The number of nitrogens with one attached hydrogen (secondary N) is 1. The predicted molar refractivity (Wildman–Crippen MR) is 99.7 cm³/mol. The van der Waals surface area contributed by atoms with E-state index >= 15 is 0 Å². The maximum absolute atomic E-state index is 13.0. The Hall–Kier alpha value is -3.74. The van der Waals surface area contributed by atoms with Gasteiger partial charge in [-0.25, -0.2) is 4.39 Å². The van der Waals surface area contributed by atoms with Crippen LogP contribution in [0.5, 0.6) is 0 Å². The first-order valence-corrected chi connectivity index (χ1v) is 8.62. The summed E-state index contributed by atoms with van der Waals surface area (Å²) in [5.74, 6) is 1.64. The van der Waals surface area contributed by atoms with Crippen molar-refractivity contribution in [2.45, 2.75) is 13.5 Å². The van der Waals surface area contributed by atoms with Gasteiger partial charge in [0.2, 0.25) is 5.82 Å². The summed E-state index contributed by atoms with van der Waals surface area (Å²) in [4.78, 5) is 16.6. The molecule has 2 aromatic carbocycles. The summed E-state index contributed by atoms with van der Waals surface area (Å²) in [5, 5.41) is 6.72. The number of aromatic nitrogens is 2. The molecule has 140 valence electrons. The number of rotatable bonds is 5. The van der Waals surface area contributed by atoms with E-state index in [0.29, 0.717) is 40.7 Å². The molecule has 2 aromatic heterocycles. The molecule has 0 unspecified atom stereocenters. The van der Waals surface area contributed by atoms with Gasteiger partial charge in [0.05, 0.1) is 6.54 Å². The van der Waals surface area contributed by atoms with Crippen LogP contribution in [0.25, 0.3) is 22.8 Å². The number of hydrogen-bond acceptors (Lipinski definition) is 5. The molecule has 7 heteroatoms. The van der Waals surface area contributed by atoms with E-state index in [1.807, 2.05) is 19.1 Å². The number of aryl methyl sites for hydroxylation is 1. The summed E-state index contributed by atoms with van der Waals surface area (Å²) < 4.78 is 23.7. The van der Waals surface area contributed by atoms with Gasteiger partial charge in [-0.15, -0.1) is 0 Å². The van der Waals surface area contributed by atoms with Crippen molar-refractivity contribution in [2.75, 3.05) is 0 Å². The van der Waals surface area contributed by atoms with Gasteiger partial charge in [0.1, 0.15) is 17.3 Å². The van der Waals surface area contributed by atoms with Crippen LogP contribution in [-0.2, 0) is 6.54 Å². The standard InChI is InChI=1S/C21H16FN3O3/c1-13-2-11-18(27-13)12-23-20(26)15-3-5-16(6-4-15)21-24-19(25-28-21)14-7-9-17(22)10-8-14/h2-11H,12H2,1H3,(H,23,26). The Bertz CT molecular complexity index is 1100. The Balaban J connectivity index is 1.44. The highest BCUT2D eigenvalue weighted by molar-refractivity contribution is 5.94. The minimum atomic E-state index is -0.330. The molecule has 1 amide bonds. The summed E-state index contributed by atoms with van der Waals surface area (Å²) in [5.41, 5.74) is 1.84. The molecule has 0 bridgehead atoms. The molecule has 6 nitrogen and oxygen atoms in total. The Morgan fingerprint density at radius 2 is 1.71 bits per heavy atom. The van der Waals surface area contributed by atoms with E-state index in [4.69, 9.17) is 8.94 Å². The zero-order valence-electron chi connectivity index (χ0n) is 15.0. The molecule has 0 saturated heterocycles. The van der Waals surface area contributed by atoms with Crippen molar-refractivity contribution in [2.24, 2.45) is 0 Å². The van der Waals surface area contributed by atoms with E-state index in [2.05, 4.69) is 15.5 Å². The van der Waals surface area contributed by atoms with Crippen LogP contribution in [0.4, 0.5) is 4.39 Å². The maximum Gasteiger partial charge on any atom is 0.258 e. The van der Waals surface area contributed by atoms with Crippen LogP contribution in [-0.4, -0.2) is 16.0 Å². The van der Waals surface area contributed by atoms with Gasteiger partial charge in [-0.3, -0.25) is 4.79 Å². The van der Waals surface area contributed by atoms with Crippen LogP contribution in [0.15, 0.2) is 69.6 Å². The first-order valence-electron chi connectivity index (χ1n) is 8.62. The van der Waals surface area contributed by atoms with Crippen LogP contribution < -0.4 is 5.32 Å². The molecule has 0 spiro atoms. The number of benzene rings is 2. The van der Waals surface area contributed by atoms with Crippen LogP contribution in [0.1, 0.15) is 21.9 Å². The monoisotopic (exact) mass is 377 g/mol. The number of carbonyl (C=O) groups is 1. The average molecular weight is 377 g/mol. The van der Waals surface area contributed by atoms with Crippen molar-refractivity contribution in [3.63, 3.8) is 0 Å². The molecule has 2 heterocycles. The Morgan fingerprint density at radius 1 is 1.00 bits per heavy atom. The predicted octanol–water partition coefficient (Wildman–Crippen LogP) is 4.37. The normalized spacial score (nSPS) is 10.8. The summed E-state index contributed by atoms with van der Waals surface area (Å²) in [6, 6.07) is 16.3. The molecular formula is C21H16FN3O3. The zero-order valence-corrected chi connectivity index (χ0v) is 15.0. The second-order valence-corrected chi connectivity index (χ2v) is 6.20. The van der Waals surface area contributed by atoms with Gasteiger partial charge in [0.15, 0.2) is 0 Å². The molecule has 0 aliphatic heterocycles. The van der Waals surface area contributed by atoms with Gasteiger partial charge in [0.25, 0.3) is 11.8 Å². The van der Waals surface area contributed by atoms with Gasteiger partial charge < -0.3 is 14.3 Å². The third kappa shape index (κ3) is 3.83. The minimum Gasteiger partial charge on any atom is -0.465 e. The largest absolute Gasteiger partial charge is 0.465 e. The molecule has 0 aliphatic carbocycles. The van der Waals surface area contributed by atoms with Crippen LogP contribution in [0.2, 0.25) is 0 Å². The summed E-state index contributed by atoms with van der Waals surface area (Å²) in [6.45, 7) is 2.17. The molecule has 28 heavy (non-hydrogen) atoms. The molecule has 0 fully saturated rings. The van der Waals surface area contributed by atoms with E-state index in [1.165, 1.54) is 12.1 Å². The van der Waals surface area contributed by atoms with Gasteiger partial charge >= 0.3 is 0 Å². The number of amides is 1. The maximum atomic E-state index is 13.0. The highest BCUT2D eigenvalue weighted by Gasteiger charge is 2.12. The van der Waals surface area contributed by atoms with Gasteiger partial charge in [-0.1, -0.05) is 5.16 Å². The topological polar surface area (TPSA) is 81.2 Å². The second kappa shape index (κ2) is 7.48. The number of nitrogens with zero attached hydrogens (tertiary/aromatic N) is 2. The number of carbonyl (C=O) groups excluding carboxylic acids is 1. The van der Waals surface area contributed by atoms with Crippen molar-refractivity contribution in [1.29, 1.82) is 0 Å². The van der Waals surface area contributed by atoms with E-state index in [0.717, 1.165) is 5.76 Å². The summed E-state index contributed by atoms with van der Waals surface area (Å²) in [6.07, 6.45) is 0. The lowest BCUT2D eigenvalue weighted by atomic mass is 10.1. The number of halogens is 1. The van der Waals surface area contributed by atoms with E-state index in [-0.39, 0.29) is 11.7 Å². The van der Waals surface area contributed by atoms with Crippen molar-refractivity contribution in [3.05, 3.63) is 83.6 Å². The Morgan fingerprint density at radius 3 is 2.39 bits per heavy atom. The molecule has 0 saturated carbocycles. The van der Waals surface area contributed by atoms with Crippen LogP contribution in [0.3, 0.4) is 0 Å². The minimum absolute atomic E-state index is 0.210. The summed E-state index contributed by atoms with van der Waals surface area (Å²) in [7, 11) is 0. The number of hydrogen-bond donors (Lipinski definition) is 1. The van der Waals surface area contributed by atoms with Gasteiger partial charge in [-0.05, 0) is 67.6 Å². The lowest BCUT2D eigenvalue weighted by Gasteiger charge is -2.04. The lowest BCUT2D eigenvalue weighted by Crippen LogP contribution is -2.22.